The van der Waals surface area contributed by atoms with Crippen molar-refractivity contribution in [2.45, 2.75) is 6.18 Å². The van der Waals surface area contributed by atoms with Crippen LogP contribution in [0.3, 0.4) is 0 Å². The fourth-order valence-corrected chi connectivity index (χ4v) is 2.73. The van der Waals surface area contributed by atoms with Gasteiger partial charge in [-0.25, -0.2) is 0 Å². The molecule has 0 saturated heterocycles. The lowest BCUT2D eigenvalue weighted by Crippen LogP contribution is -2.18. The van der Waals surface area contributed by atoms with E-state index < -0.39 is 23.6 Å². The first-order valence-corrected chi connectivity index (χ1v) is 8.95. The molecule has 152 valence electrons. The normalized spacial score (nSPS) is 11.6. The summed E-state index contributed by atoms with van der Waals surface area (Å²) in [6.45, 7) is 0. The molecule has 0 heterocycles. The molecular weight excluding hydrogens is 393 g/mol. The molecule has 0 fully saturated rings. The number of alkyl halides is 3. The topological polar surface area (TPSA) is 58.2 Å². The molecule has 2 amide bonds. The van der Waals surface area contributed by atoms with Crippen LogP contribution < -0.4 is 10.6 Å². The van der Waals surface area contributed by atoms with Crippen molar-refractivity contribution in [3.63, 3.8) is 0 Å². The lowest BCUT2D eigenvalue weighted by molar-refractivity contribution is -0.112. The van der Waals surface area contributed by atoms with Gasteiger partial charge >= 0.3 is 6.18 Å². The maximum Gasteiger partial charge on any atom is 0.417 e. The highest BCUT2D eigenvalue weighted by molar-refractivity contribution is 6.09. The maximum absolute atomic E-state index is 13.4. The number of carbonyl (C=O) groups is 2. The fraction of sp³-hybridized carbons (Fsp3) is 0.0435. The average molecular weight is 410 g/mol. The van der Waals surface area contributed by atoms with E-state index in [1.165, 1.54) is 30.3 Å². The highest BCUT2D eigenvalue weighted by atomic mass is 19.4. The molecule has 0 saturated carbocycles. The summed E-state index contributed by atoms with van der Waals surface area (Å²) < 4.78 is 40.3. The molecule has 0 spiro atoms. The Bertz CT molecular complexity index is 1060. The van der Waals surface area contributed by atoms with Gasteiger partial charge in [0.1, 0.15) is 0 Å². The van der Waals surface area contributed by atoms with Crippen LogP contribution in [0.25, 0.3) is 5.57 Å². The predicted molar refractivity (Wildman–Crippen MR) is 110 cm³/mol. The Hall–Kier alpha value is -3.87. The first kappa shape index (κ1) is 20.9. The maximum atomic E-state index is 13.4. The van der Waals surface area contributed by atoms with Crippen LogP contribution in [-0.2, 0) is 4.79 Å². The van der Waals surface area contributed by atoms with Crippen molar-refractivity contribution in [1.29, 1.82) is 0 Å². The minimum atomic E-state index is -4.71. The lowest BCUT2D eigenvalue weighted by Gasteiger charge is -2.14. The summed E-state index contributed by atoms with van der Waals surface area (Å²) in [5.41, 5.74) is -0.335. The number of para-hydroxylation sites is 2. The molecule has 0 aliphatic carbocycles. The Morgan fingerprint density at radius 1 is 0.667 bits per heavy atom. The second kappa shape index (κ2) is 9.09. The second-order valence-electron chi connectivity index (χ2n) is 6.28. The highest BCUT2D eigenvalue weighted by Crippen LogP contribution is 2.34. The van der Waals surface area contributed by atoms with Gasteiger partial charge in [-0.3, -0.25) is 9.59 Å². The van der Waals surface area contributed by atoms with E-state index in [0.717, 1.165) is 0 Å². The number of amides is 2. The predicted octanol–water partition coefficient (Wildman–Crippen LogP) is 5.52. The smallest absolute Gasteiger partial charge is 0.321 e. The zero-order valence-corrected chi connectivity index (χ0v) is 15.6. The Balaban J connectivity index is 1.83. The number of hydrogen-bond donors (Lipinski definition) is 2. The van der Waals surface area contributed by atoms with E-state index in [4.69, 9.17) is 0 Å². The van der Waals surface area contributed by atoms with Crippen molar-refractivity contribution in [2.24, 2.45) is 0 Å². The quantitative estimate of drug-likeness (QED) is 0.544. The Morgan fingerprint density at radius 3 is 1.67 bits per heavy atom. The molecule has 0 radical (unpaired) electrons. The number of benzene rings is 3. The molecular formula is C23H17F3N2O2. The third-order valence-electron chi connectivity index (χ3n) is 4.13. The van der Waals surface area contributed by atoms with Gasteiger partial charge in [0.25, 0.3) is 5.91 Å². The van der Waals surface area contributed by atoms with E-state index in [0.29, 0.717) is 11.6 Å². The third kappa shape index (κ3) is 5.35. The zero-order valence-electron chi connectivity index (χ0n) is 15.6. The Morgan fingerprint density at radius 2 is 1.13 bits per heavy atom. The van der Waals surface area contributed by atoms with Gasteiger partial charge in [-0.1, -0.05) is 60.7 Å². The molecule has 4 nitrogen and oxygen atoms in total. The number of hydrogen-bond acceptors (Lipinski definition) is 2. The van der Waals surface area contributed by atoms with Crippen LogP contribution in [0.2, 0.25) is 0 Å². The van der Waals surface area contributed by atoms with Crippen LogP contribution in [0, 0.1) is 0 Å². The molecule has 0 bridgehead atoms. The van der Waals surface area contributed by atoms with E-state index in [1.807, 2.05) is 0 Å². The fourth-order valence-electron chi connectivity index (χ4n) is 2.73. The van der Waals surface area contributed by atoms with Crippen LogP contribution in [0.1, 0.15) is 15.9 Å². The summed E-state index contributed by atoms with van der Waals surface area (Å²) in [5, 5.41) is 5.06. The minimum absolute atomic E-state index is 0.120. The molecule has 30 heavy (non-hydrogen) atoms. The zero-order chi connectivity index (χ0) is 21.6. The van der Waals surface area contributed by atoms with E-state index >= 15 is 0 Å². The molecule has 3 aromatic rings. The van der Waals surface area contributed by atoms with Crippen LogP contribution in [0.5, 0.6) is 0 Å². The number of halogens is 3. The van der Waals surface area contributed by atoms with E-state index in [2.05, 4.69) is 10.6 Å². The van der Waals surface area contributed by atoms with Gasteiger partial charge in [0, 0.05) is 11.6 Å². The van der Waals surface area contributed by atoms with Gasteiger partial charge in [-0.2, -0.15) is 13.2 Å². The first-order valence-electron chi connectivity index (χ1n) is 8.95. The molecule has 2 N–H and O–H groups in total. The number of allylic oxidation sites excluding steroid dienone is 1. The summed E-state index contributed by atoms with van der Waals surface area (Å²) in [6.07, 6.45) is -4.20. The van der Waals surface area contributed by atoms with Crippen LogP contribution in [0.4, 0.5) is 24.5 Å². The molecule has 3 aromatic carbocycles. The van der Waals surface area contributed by atoms with Crippen molar-refractivity contribution in [2.75, 3.05) is 10.6 Å². The van der Waals surface area contributed by atoms with Crippen LogP contribution >= 0.6 is 0 Å². The van der Waals surface area contributed by atoms with Gasteiger partial charge in [-0.05, 0) is 29.8 Å². The second-order valence-corrected chi connectivity index (χ2v) is 6.28. The average Bonchev–Trinajstić information content (AvgIpc) is 2.74. The SMILES string of the molecule is O=C(/C=C(/c1ccccc1)C(F)(F)F)Nc1ccccc1NC(=O)c1ccccc1. The van der Waals surface area contributed by atoms with Gasteiger partial charge in [-0.15, -0.1) is 0 Å². The van der Waals surface area contributed by atoms with Gasteiger partial charge in [0.05, 0.1) is 16.9 Å². The van der Waals surface area contributed by atoms with Gasteiger partial charge in [0.15, 0.2) is 0 Å². The number of rotatable bonds is 5. The van der Waals surface area contributed by atoms with Crippen molar-refractivity contribution >= 4 is 28.8 Å². The van der Waals surface area contributed by atoms with E-state index in [9.17, 15) is 22.8 Å². The summed E-state index contributed by atoms with van der Waals surface area (Å²) in [6, 6.07) is 21.7. The van der Waals surface area contributed by atoms with E-state index in [1.54, 1.807) is 54.6 Å². The molecule has 0 aromatic heterocycles. The molecule has 0 aliphatic rings. The molecule has 7 heteroatoms. The number of nitrogens with one attached hydrogen (secondary N) is 2. The minimum Gasteiger partial charge on any atom is -0.321 e. The van der Waals surface area contributed by atoms with Gasteiger partial charge < -0.3 is 10.6 Å². The number of carbonyl (C=O) groups excluding carboxylic acids is 2. The summed E-state index contributed by atoms with van der Waals surface area (Å²) in [7, 11) is 0. The summed E-state index contributed by atoms with van der Waals surface area (Å²) >= 11 is 0. The molecule has 0 aliphatic heterocycles. The molecule has 3 rings (SSSR count). The summed E-state index contributed by atoms with van der Waals surface area (Å²) in [4.78, 5) is 24.7. The lowest BCUT2D eigenvalue weighted by atomic mass is 10.1. The van der Waals surface area contributed by atoms with Crippen LogP contribution in [0.15, 0.2) is 91.0 Å². The van der Waals surface area contributed by atoms with E-state index in [-0.39, 0.29) is 16.9 Å². The van der Waals surface area contributed by atoms with Crippen molar-refractivity contribution < 1.29 is 22.8 Å². The molecule has 0 unspecified atom stereocenters. The molecule has 0 atom stereocenters. The largest absolute Gasteiger partial charge is 0.417 e. The van der Waals surface area contributed by atoms with Crippen LogP contribution in [-0.4, -0.2) is 18.0 Å². The first-order chi connectivity index (χ1) is 14.3. The Labute approximate surface area is 171 Å². The Kier molecular flexibility index (Phi) is 6.32. The monoisotopic (exact) mass is 410 g/mol. The van der Waals surface area contributed by atoms with Crippen molar-refractivity contribution in [3.8, 4) is 0 Å². The summed E-state index contributed by atoms with van der Waals surface area (Å²) in [5.74, 6) is -1.37. The van der Waals surface area contributed by atoms with Crippen molar-refractivity contribution in [3.05, 3.63) is 102 Å². The number of anilines is 2. The standard InChI is InChI=1S/C23H17F3N2O2/c24-23(25,26)18(16-9-3-1-4-10-16)15-21(29)27-19-13-7-8-14-20(19)28-22(30)17-11-5-2-6-12-17/h1-15H,(H,27,29)(H,28,30)/b18-15-. The third-order valence-corrected chi connectivity index (χ3v) is 4.13. The van der Waals surface area contributed by atoms with Crippen molar-refractivity contribution in [1.82, 2.24) is 0 Å². The highest BCUT2D eigenvalue weighted by Gasteiger charge is 2.35. The van der Waals surface area contributed by atoms with Gasteiger partial charge in [0.2, 0.25) is 5.91 Å².